The molecule has 1 aromatic heterocycles. The van der Waals surface area contributed by atoms with E-state index in [0.717, 1.165) is 0 Å². The molecule has 1 unspecified atom stereocenters. The number of aryl methyl sites for hydroxylation is 1. The number of rotatable bonds is 3. The molecule has 1 atom stereocenters. The summed E-state index contributed by atoms with van der Waals surface area (Å²) in [6, 6.07) is -0.267. The van der Waals surface area contributed by atoms with Crippen molar-refractivity contribution in [3.8, 4) is 0 Å². The van der Waals surface area contributed by atoms with Crippen LogP contribution >= 0.6 is 0 Å². The van der Waals surface area contributed by atoms with Crippen molar-refractivity contribution in [1.82, 2.24) is 14.7 Å². The lowest BCUT2D eigenvalue weighted by Gasteiger charge is -2.39. The lowest BCUT2D eigenvalue weighted by Crippen LogP contribution is -2.50. The van der Waals surface area contributed by atoms with Crippen LogP contribution in [0.5, 0.6) is 0 Å². The number of carbonyl (C=O) groups excluding carboxylic acids is 1. The number of amides is 2. The Morgan fingerprint density at radius 1 is 1.55 bits per heavy atom. The fourth-order valence-corrected chi connectivity index (χ4v) is 2.61. The second-order valence-corrected chi connectivity index (χ2v) is 5.30. The third-order valence-electron chi connectivity index (χ3n) is 3.95. The van der Waals surface area contributed by atoms with Crippen LogP contribution < -0.4 is 5.32 Å². The molecule has 1 aromatic rings. The summed E-state index contributed by atoms with van der Waals surface area (Å²) < 4.78 is 1.60. The third kappa shape index (κ3) is 2.76. The molecule has 0 aliphatic carbocycles. The van der Waals surface area contributed by atoms with Crippen molar-refractivity contribution in [2.24, 2.45) is 12.5 Å². The molecule has 7 heteroatoms. The van der Waals surface area contributed by atoms with Crippen LogP contribution in [-0.4, -0.2) is 44.9 Å². The number of hydrogen-bond donors (Lipinski definition) is 2. The van der Waals surface area contributed by atoms with E-state index in [2.05, 4.69) is 10.4 Å². The molecular formula is C13H20N4O3. The van der Waals surface area contributed by atoms with Crippen LogP contribution in [0.3, 0.4) is 0 Å². The van der Waals surface area contributed by atoms with Crippen LogP contribution in [0, 0.1) is 5.41 Å². The quantitative estimate of drug-likeness (QED) is 0.879. The van der Waals surface area contributed by atoms with Crippen LogP contribution in [0.2, 0.25) is 0 Å². The third-order valence-corrected chi connectivity index (χ3v) is 3.95. The first-order chi connectivity index (χ1) is 9.47. The Labute approximate surface area is 117 Å². The number of hydrogen-bond acceptors (Lipinski definition) is 3. The van der Waals surface area contributed by atoms with Gasteiger partial charge in [-0.1, -0.05) is 6.92 Å². The van der Waals surface area contributed by atoms with E-state index in [0.29, 0.717) is 31.5 Å². The van der Waals surface area contributed by atoms with E-state index >= 15 is 0 Å². The monoisotopic (exact) mass is 280 g/mol. The normalized spacial score (nSPS) is 22.6. The zero-order chi connectivity index (χ0) is 14.8. The Morgan fingerprint density at radius 3 is 2.85 bits per heavy atom. The van der Waals surface area contributed by atoms with Gasteiger partial charge in [-0.15, -0.1) is 0 Å². The SMILES string of the molecule is CCC1(C(=O)O)CCCN(C(=O)Nc2cnn(C)c2)C1. The molecule has 20 heavy (non-hydrogen) atoms. The topological polar surface area (TPSA) is 87.5 Å². The molecule has 0 spiro atoms. The molecule has 2 heterocycles. The number of carboxylic acid groups (broad SMARTS) is 1. The van der Waals surface area contributed by atoms with Crippen LogP contribution in [0.15, 0.2) is 12.4 Å². The summed E-state index contributed by atoms with van der Waals surface area (Å²) in [7, 11) is 1.77. The predicted molar refractivity (Wildman–Crippen MR) is 73.4 cm³/mol. The molecule has 0 aromatic carbocycles. The van der Waals surface area contributed by atoms with E-state index in [9.17, 15) is 14.7 Å². The molecule has 1 aliphatic heterocycles. The van der Waals surface area contributed by atoms with Gasteiger partial charge in [0, 0.05) is 26.3 Å². The van der Waals surface area contributed by atoms with Gasteiger partial charge in [0.25, 0.3) is 0 Å². The zero-order valence-electron chi connectivity index (χ0n) is 11.8. The van der Waals surface area contributed by atoms with Gasteiger partial charge < -0.3 is 15.3 Å². The van der Waals surface area contributed by atoms with Crippen molar-refractivity contribution < 1.29 is 14.7 Å². The first-order valence-electron chi connectivity index (χ1n) is 6.75. The Bertz CT molecular complexity index is 513. The summed E-state index contributed by atoms with van der Waals surface area (Å²) in [5.74, 6) is -0.820. The summed E-state index contributed by atoms with van der Waals surface area (Å²) in [4.78, 5) is 25.2. The van der Waals surface area contributed by atoms with E-state index in [1.54, 1.807) is 29.0 Å². The van der Waals surface area contributed by atoms with Gasteiger partial charge >= 0.3 is 12.0 Å². The molecule has 0 radical (unpaired) electrons. The van der Waals surface area contributed by atoms with Crippen LogP contribution in [0.4, 0.5) is 10.5 Å². The number of nitrogens with zero attached hydrogens (tertiary/aromatic N) is 3. The molecule has 1 aliphatic rings. The van der Waals surface area contributed by atoms with Crippen molar-refractivity contribution in [2.45, 2.75) is 26.2 Å². The molecule has 110 valence electrons. The van der Waals surface area contributed by atoms with Gasteiger partial charge in [0.2, 0.25) is 0 Å². The Kier molecular flexibility index (Phi) is 3.96. The van der Waals surface area contributed by atoms with E-state index in [-0.39, 0.29) is 12.6 Å². The number of carboxylic acids is 1. The first-order valence-corrected chi connectivity index (χ1v) is 6.75. The Morgan fingerprint density at radius 2 is 2.30 bits per heavy atom. The molecule has 0 saturated carbocycles. The van der Waals surface area contributed by atoms with Gasteiger partial charge in [0.15, 0.2) is 0 Å². The highest BCUT2D eigenvalue weighted by atomic mass is 16.4. The highest BCUT2D eigenvalue weighted by Gasteiger charge is 2.42. The molecule has 7 nitrogen and oxygen atoms in total. The van der Waals surface area contributed by atoms with E-state index in [1.165, 1.54) is 0 Å². The molecule has 1 saturated heterocycles. The maximum atomic E-state index is 12.2. The van der Waals surface area contributed by atoms with Crippen molar-refractivity contribution >= 4 is 17.7 Å². The maximum absolute atomic E-state index is 12.2. The smallest absolute Gasteiger partial charge is 0.321 e. The number of carbonyl (C=O) groups is 2. The lowest BCUT2D eigenvalue weighted by molar-refractivity contribution is -0.152. The van der Waals surface area contributed by atoms with Crippen molar-refractivity contribution in [3.05, 3.63) is 12.4 Å². The fourth-order valence-electron chi connectivity index (χ4n) is 2.61. The molecule has 2 rings (SSSR count). The number of anilines is 1. The zero-order valence-corrected chi connectivity index (χ0v) is 11.8. The van der Waals surface area contributed by atoms with E-state index in [4.69, 9.17) is 0 Å². The molecular weight excluding hydrogens is 260 g/mol. The predicted octanol–water partition coefficient (Wildman–Crippen LogP) is 1.53. The van der Waals surface area contributed by atoms with Gasteiger partial charge in [0.05, 0.1) is 17.3 Å². The van der Waals surface area contributed by atoms with E-state index in [1.807, 2.05) is 6.92 Å². The average molecular weight is 280 g/mol. The number of piperidine rings is 1. The summed E-state index contributed by atoms with van der Waals surface area (Å²) in [5.41, 5.74) is -0.203. The van der Waals surface area contributed by atoms with Crippen molar-refractivity contribution in [2.75, 3.05) is 18.4 Å². The van der Waals surface area contributed by atoms with Gasteiger partial charge in [-0.3, -0.25) is 9.48 Å². The molecule has 0 bridgehead atoms. The minimum Gasteiger partial charge on any atom is -0.481 e. The minimum atomic E-state index is -0.820. The van der Waals surface area contributed by atoms with Gasteiger partial charge in [-0.25, -0.2) is 4.79 Å². The van der Waals surface area contributed by atoms with Gasteiger partial charge in [0.1, 0.15) is 0 Å². The van der Waals surface area contributed by atoms with Crippen molar-refractivity contribution in [1.29, 1.82) is 0 Å². The molecule has 2 amide bonds. The Balaban J connectivity index is 2.05. The number of likely N-dealkylation sites (tertiary alicyclic amines) is 1. The summed E-state index contributed by atoms with van der Waals surface area (Å²) in [6.07, 6.45) is 5.12. The molecule has 2 N–H and O–H groups in total. The largest absolute Gasteiger partial charge is 0.481 e. The standard InChI is InChI=1S/C13H20N4O3/c1-3-13(11(18)19)5-4-6-17(9-13)12(20)15-10-7-14-16(2)8-10/h7-8H,3-6,9H2,1-2H3,(H,15,20)(H,18,19). The Hall–Kier alpha value is -2.05. The van der Waals surface area contributed by atoms with Crippen LogP contribution in [-0.2, 0) is 11.8 Å². The number of aliphatic carboxylic acids is 1. The first kappa shape index (κ1) is 14.4. The van der Waals surface area contributed by atoms with Gasteiger partial charge in [-0.05, 0) is 19.3 Å². The lowest BCUT2D eigenvalue weighted by atomic mass is 9.78. The molecule has 1 fully saturated rings. The number of nitrogens with one attached hydrogen (secondary N) is 1. The second kappa shape index (κ2) is 5.52. The summed E-state index contributed by atoms with van der Waals surface area (Å²) in [5, 5.41) is 16.1. The van der Waals surface area contributed by atoms with Gasteiger partial charge in [-0.2, -0.15) is 5.10 Å². The number of aromatic nitrogens is 2. The van der Waals surface area contributed by atoms with Crippen molar-refractivity contribution in [3.63, 3.8) is 0 Å². The van der Waals surface area contributed by atoms with Crippen LogP contribution in [0.1, 0.15) is 26.2 Å². The van der Waals surface area contributed by atoms with E-state index < -0.39 is 11.4 Å². The highest BCUT2D eigenvalue weighted by molar-refractivity contribution is 5.89. The second-order valence-electron chi connectivity index (χ2n) is 5.30. The highest BCUT2D eigenvalue weighted by Crippen LogP contribution is 2.33. The minimum absolute atomic E-state index is 0.255. The average Bonchev–Trinajstić information content (AvgIpc) is 2.83. The van der Waals surface area contributed by atoms with Crippen LogP contribution in [0.25, 0.3) is 0 Å². The number of urea groups is 1. The summed E-state index contributed by atoms with van der Waals surface area (Å²) >= 11 is 0. The maximum Gasteiger partial charge on any atom is 0.321 e. The summed E-state index contributed by atoms with van der Waals surface area (Å²) in [6.45, 7) is 2.70. The fraction of sp³-hybridized carbons (Fsp3) is 0.615.